The van der Waals surface area contributed by atoms with Crippen LogP contribution in [0.3, 0.4) is 0 Å². The van der Waals surface area contributed by atoms with Gasteiger partial charge in [0.15, 0.2) is 0 Å². The van der Waals surface area contributed by atoms with Gasteiger partial charge >= 0.3 is 0 Å². The van der Waals surface area contributed by atoms with E-state index in [1.165, 1.54) is 0 Å². The smallest absolute Gasteiger partial charge is 0.264 e. The fourth-order valence-electron chi connectivity index (χ4n) is 2.67. The molecule has 24 heavy (non-hydrogen) atoms. The van der Waals surface area contributed by atoms with Crippen LogP contribution in [-0.2, 0) is 4.79 Å². The molecule has 5 nitrogen and oxygen atoms in total. The Balaban J connectivity index is 0.00000208. The molecule has 1 saturated heterocycles. The quantitative estimate of drug-likeness (QED) is 0.880. The summed E-state index contributed by atoms with van der Waals surface area (Å²) in [5.74, 6) is -0.0178. The van der Waals surface area contributed by atoms with E-state index in [4.69, 9.17) is 5.73 Å². The first kappa shape index (κ1) is 19.2. The van der Waals surface area contributed by atoms with Crippen LogP contribution < -0.4 is 5.73 Å². The summed E-state index contributed by atoms with van der Waals surface area (Å²) < 4.78 is 2.33. The van der Waals surface area contributed by atoms with Crippen LogP contribution in [0, 0.1) is 5.92 Å². The highest BCUT2D eigenvalue weighted by atomic mass is 35.5. The van der Waals surface area contributed by atoms with Crippen LogP contribution in [-0.4, -0.2) is 53.8 Å². The van der Waals surface area contributed by atoms with Crippen LogP contribution >= 0.6 is 35.1 Å². The van der Waals surface area contributed by atoms with Crippen molar-refractivity contribution in [3.8, 4) is 0 Å². The molecule has 8 heteroatoms. The monoisotopic (exact) mass is 387 g/mol. The highest BCUT2D eigenvalue weighted by Gasteiger charge is 2.29. The number of thiophene rings is 2. The van der Waals surface area contributed by atoms with E-state index in [0.717, 1.165) is 14.3 Å². The number of carbonyl (C=O) groups is 2. The number of amides is 2. The Hall–Kier alpha value is -1.15. The van der Waals surface area contributed by atoms with Gasteiger partial charge in [-0.15, -0.1) is 35.1 Å². The number of halogens is 1. The summed E-state index contributed by atoms with van der Waals surface area (Å²) in [5.41, 5.74) is 5.81. The molecule has 0 spiro atoms. The zero-order chi connectivity index (χ0) is 16.6. The molecule has 132 valence electrons. The van der Waals surface area contributed by atoms with Crippen molar-refractivity contribution in [2.75, 3.05) is 26.2 Å². The van der Waals surface area contributed by atoms with Crippen LogP contribution in [0.4, 0.5) is 0 Å². The summed E-state index contributed by atoms with van der Waals surface area (Å²) in [7, 11) is 0. The standard InChI is InChI=1S/C16H21N3O2S2.ClH/c1-10(11(2)17)15(20)18-4-6-19(7-5-18)16(21)14-9-13-12(23-14)3-8-22-13;/h3,8-11H,4-7,17H2,1-2H3;1H. The molecule has 2 unspecified atom stereocenters. The molecule has 3 heterocycles. The Kier molecular flexibility index (Phi) is 6.25. The van der Waals surface area contributed by atoms with E-state index in [0.29, 0.717) is 26.2 Å². The maximum Gasteiger partial charge on any atom is 0.264 e. The van der Waals surface area contributed by atoms with Gasteiger partial charge in [-0.3, -0.25) is 9.59 Å². The van der Waals surface area contributed by atoms with Crippen molar-refractivity contribution in [2.24, 2.45) is 11.7 Å². The molecular formula is C16H22ClN3O2S2. The predicted molar refractivity (Wildman–Crippen MR) is 102 cm³/mol. The van der Waals surface area contributed by atoms with E-state index in [-0.39, 0.29) is 36.2 Å². The summed E-state index contributed by atoms with van der Waals surface area (Å²) in [6.07, 6.45) is 0. The van der Waals surface area contributed by atoms with Crippen molar-refractivity contribution in [3.63, 3.8) is 0 Å². The molecule has 2 aromatic heterocycles. The summed E-state index contributed by atoms with van der Waals surface area (Å²) in [5, 5.41) is 2.04. The van der Waals surface area contributed by atoms with Crippen LogP contribution in [0.25, 0.3) is 9.40 Å². The molecule has 0 aromatic carbocycles. The number of hydrogen-bond acceptors (Lipinski definition) is 5. The minimum absolute atomic E-state index is 0. The number of fused-ring (bicyclic) bond motifs is 1. The number of rotatable bonds is 3. The third-order valence-electron chi connectivity index (χ3n) is 4.41. The van der Waals surface area contributed by atoms with Crippen molar-refractivity contribution < 1.29 is 9.59 Å². The van der Waals surface area contributed by atoms with Gasteiger partial charge in [0.25, 0.3) is 5.91 Å². The van der Waals surface area contributed by atoms with Crippen molar-refractivity contribution in [3.05, 3.63) is 22.4 Å². The maximum atomic E-state index is 12.6. The molecule has 0 aliphatic carbocycles. The molecule has 1 fully saturated rings. The Labute approximate surface area is 155 Å². The molecule has 0 radical (unpaired) electrons. The second kappa shape index (κ2) is 7.82. The van der Waals surface area contributed by atoms with E-state index in [2.05, 4.69) is 0 Å². The van der Waals surface area contributed by atoms with Crippen molar-refractivity contribution in [1.29, 1.82) is 0 Å². The molecule has 2 amide bonds. The van der Waals surface area contributed by atoms with E-state index >= 15 is 0 Å². The largest absolute Gasteiger partial charge is 0.339 e. The average molecular weight is 388 g/mol. The lowest BCUT2D eigenvalue weighted by Crippen LogP contribution is -2.53. The summed E-state index contributed by atoms with van der Waals surface area (Å²) in [6.45, 7) is 6.06. The van der Waals surface area contributed by atoms with Crippen LogP contribution in [0.1, 0.15) is 23.5 Å². The molecule has 1 aliphatic rings. The highest BCUT2D eigenvalue weighted by Crippen LogP contribution is 2.30. The van der Waals surface area contributed by atoms with Gasteiger partial charge in [0.05, 0.1) is 10.8 Å². The lowest BCUT2D eigenvalue weighted by molar-refractivity contribution is -0.137. The molecule has 1 aliphatic heterocycles. The highest BCUT2D eigenvalue weighted by molar-refractivity contribution is 7.27. The van der Waals surface area contributed by atoms with E-state index in [9.17, 15) is 9.59 Å². The van der Waals surface area contributed by atoms with Crippen LogP contribution in [0.5, 0.6) is 0 Å². The molecule has 2 atom stereocenters. The number of hydrogen-bond donors (Lipinski definition) is 1. The number of piperazine rings is 1. The van der Waals surface area contributed by atoms with Gasteiger partial charge in [-0.1, -0.05) is 6.92 Å². The Morgan fingerprint density at radius 1 is 1.12 bits per heavy atom. The molecule has 3 rings (SSSR count). The SMILES string of the molecule is CC(N)C(C)C(=O)N1CCN(C(=O)c2cc3sccc3s2)CC1.Cl. The normalized spacial score (nSPS) is 17.5. The lowest BCUT2D eigenvalue weighted by atomic mass is 10.0. The van der Waals surface area contributed by atoms with E-state index in [1.807, 2.05) is 41.2 Å². The fraction of sp³-hybridized carbons (Fsp3) is 0.500. The zero-order valence-corrected chi connectivity index (χ0v) is 16.2. The summed E-state index contributed by atoms with van der Waals surface area (Å²) in [6, 6.07) is 3.87. The van der Waals surface area contributed by atoms with E-state index in [1.54, 1.807) is 22.7 Å². The molecule has 2 N–H and O–H groups in total. The van der Waals surface area contributed by atoms with Gasteiger partial charge in [0.2, 0.25) is 5.91 Å². The average Bonchev–Trinajstić information content (AvgIpc) is 3.14. The van der Waals surface area contributed by atoms with Gasteiger partial charge < -0.3 is 15.5 Å². The first-order valence-electron chi connectivity index (χ1n) is 7.78. The van der Waals surface area contributed by atoms with E-state index < -0.39 is 0 Å². The second-order valence-electron chi connectivity index (χ2n) is 6.03. The number of nitrogens with two attached hydrogens (primary N) is 1. The Morgan fingerprint density at radius 2 is 1.75 bits per heavy atom. The topological polar surface area (TPSA) is 66.6 Å². The van der Waals surface area contributed by atoms with Crippen molar-refractivity contribution >= 4 is 56.3 Å². The fourth-order valence-corrected chi connectivity index (χ4v) is 4.75. The van der Waals surface area contributed by atoms with Gasteiger partial charge in [0.1, 0.15) is 0 Å². The second-order valence-corrected chi connectivity index (χ2v) is 8.06. The molecular weight excluding hydrogens is 366 g/mol. The van der Waals surface area contributed by atoms with Gasteiger partial charge in [-0.2, -0.15) is 0 Å². The molecule has 2 aromatic rings. The van der Waals surface area contributed by atoms with Gasteiger partial charge in [0, 0.05) is 41.6 Å². The first-order chi connectivity index (χ1) is 11.0. The van der Waals surface area contributed by atoms with Gasteiger partial charge in [-0.05, 0) is 24.4 Å². The zero-order valence-electron chi connectivity index (χ0n) is 13.7. The third-order valence-corrected chi connectivity index (χ3v) is 6.49. The minimum atomic E-state index is -0.179. The molecule has 0 saturated carbocycles. The number of nitrogens with zero attached hydrogens (tertiary/aromatic N) is 2. The minimum Gasteiger partial charge on any atom is -0.339 e. The third kappa shape index (κ3) is 3.74. The maximum absolute atomic E-state index is 12.6. The van der Waals surface area contributed by atoms with Crippen molar-refractivity contribution in [1.82, 2.24) is 9.80 Å². The van der Waals surface area contributed by atoms with Crippen molar-refractivity contribution in [2.45, 2.75) is 19.9 Å². The summed E-state index contributed by atoms with van der Waals surface area (Å²) >= 11 is 3.20. The summed E-state index contributed by atoms with van der Waals surface area (Å²) in [4.78, 5) is 29.4. The lowest BCUT2D eigenvalue weighted by Gasteiger charge is -2.36. The Bertz CT molecular complexity index is 691. The predicted octanol–water partition coefficient (Wildman–Crippen LogP) is 2.65. The number of carbonyl (C=O) groups excluding carboxylic acids is 2. The Morgan fingerprint density at radius 3 is 2.33 bits per heavy atom. The van der Waals surface area contributed by atoms with Crippen LogP contribution in [0.2, 0.25) is 0 Å². The first-order valence-corrected chi connectivity index (χ1v) is 9.47. The van der Waals surface area contributed by atoms with Gasteiger partial charge in [-0.25, -0.2) is 0 Å². The molecule has 0 bridgehead atoms. The van der Waals surface area contributed by atoms with Crippen LogP contribution in [0.15, 0.2) is 17.5 Å².